The Labute approximate surface area is 205 Å². The van der Waals surface area contributed by atoms with Crippen LogP contribution in [0.2, 0.25) is 5.02 Å². The van der Waals surface area contributed by atoms with E-state index in [2.05, 4.69) is 10.6 Å². The second-order valence-electron chi connectivity index (χ2n) is 8.90. The van der Waals surface area contributed by atoms with Gasteiger partial charge in [-0.1, -0.05) is 53.6 Å². The number of carbonyl (C=O) groups excluding carboxylic acids is 3. The first-order valence-electron chi connectivity index (χ1n) is 10.9. The highest BCUT2D eigenvalue weighted by atomic mass is 35.5. The van der Waals surface area contributed by atoms with Crippen LogP contribution in [0.3, 0.4) is 0 Å². The number of ether oxygens (including phenoxy) is 1. The summed E-state index contributed by atoms with van der Waals surface area (Å²) in [6.45, 7) is 7.91. The molecule has 0 heterocycles. The molecule has 0 spiro atoms. The van der Waals surface area contributed by atoms with Crippen molar-refractivity contribution in [2.75, 3.05) is 25.0 Å². The maximum atomic E-state index is 13.5. The van der Waals surface area contributed by atoms with E-state index in [4.69, 9.17) is 16.3 Å². The standard InChI is InChI=1S/C25H32ClN3O5/c1-16-8-6-10-18(14-16)22(23(32)28-21-17(2)9-7-11-19(21)26)29(12-13-30)20(31)15-27-24(33)34-25(3,4)5/h6-11,14,22,30H,12-13,15H2,1-5H3,(H,27,33)(H,28,32). The number of benzene rings is 2. The predicted octanol–water partition coefficient (Wildman–Crippen LogP) is 3.98. The van der Waals surface area contributed by atoms with Crippen LogP contribution in [-0.4, -0.2) is 53.2 Å². The Balaban J connectivity index is 2.37. The van der Waals surface area contributed by atoms with E-state index in [1.165, 1.54) is 4.90 Å². The number of aliphatic hydroxyl groups excluding tert-OH is 1. The number of amides is 3. The van der Waals surface area contributed by atoms with Crippen molar-refractivity contribution in [3.05, 3.63) is 64.2 Å². The normalized spacial score (nSPS) is 12.0. The first-order valence-corrected chi connectivity index (χ1v) is 11.3. The van der Waals surface area contributed by atoms with E-state index in [9.17, 15) is 19.5 Å². The zero-order chi connectivity index (χ0) is 25.5. The summed E-state index contributed by atoms with van der Waals surface area (Å²) in [4.78, 5) is 39.9. The van der Waals surface area contributed by atoms with Gasteiger partial charge in [0.2, 0.25) is 5.91 Å². The average Bonchev–Trinajstić information content (AvgIpc) is 2.73. The zero-order valence-corrected chi connectivity index (χ0v) is 20.9. The minimum Gasteiger partial charge on any atom is -0.444 e. The van der Waals surface area contributed by atoms with Crippen LogP contribution in [0.15, 0.2) is 42.5 Å². The van der Waals surface area contributed by atoms with Gasteiger partial charge in [-0.2, -0.15) is 0 Å². The predicted molar refractivity (Wildman–Crippen MR) is 132 cm³/mol. The van der Waals surface area contributed by atoms with Gasteiger partial charge < -0.3 is 25.4 Å². The van der Waals surface area contributed by atoms with E-state index in [0.29, 0.717) is 16.3 Å². The average molecular weight is 490 g/mol. The Hall–Kier alpha value is -3.10. The van der Waals surface area contributed by atoms with Crippen LogP contribution in [0.1, 0.15) is 43.5 Å². The van der Waals surface area contributed by atoms with Gasteiger partial charge in [0.15, 0.2) is 0 Å². The van der Waals surface area contributed by atoms with Crippen LogP contribution < -0.4 is 10.6 Å². The van der Waals surface area contributed by atoms with Crippen LogP contribution in [0.25, 0.3) is 0 Å². The third kappa shape index (κ3) is 7.74. The Kier molecular flexibility index (Phi) is 9.46. The van der Waals surface area contributed by atoms with Crippen molar-refractivity contribution >= 4 is 35.2 Å². The third-order valence-electron chi connectivity index (χ3n) is 4.83. The Bertz CT molecular complexity index is 1020. The number of para-hydroxylation sites is 1. The van der Waals surface area contributed by atoms with E-state index in [1.807, 2.05) is 26.0 Å². The molecule has 9 heteroatoms. The van der Waals surface area contributed by atoms with Gasteiger partial charge in [0.1, 0.15) is 18.2 Å². The largest absolute Gasteiger partial charge is 0.444 e. The van der Waals surface area contributed by atoms with Crippen molar-refractivity contribution in [3.8, 4) is 0 Å². The topological polar surface area (TPSA) is 108 Å². The molecule has 0 fully saturated rings. The second-order valence-corrected chi connectivity index (χ2v) is 9.31. The summed E-state index contributed by atoms with van der Waals surface area (Å²) in [6, 6.07) is 11.4. The van der Waals surface area contributed by atoms with E-state index < -0.39 is 36.1 Å². The summed E-state index contributed by atoms with van der Waals surface area (Å²) in [5.41, 5.74) is 1.92. The molecular weight excluding hydrogens is 458 g/mol. The minimum absolute atomic E-state index is 0.123. The SMILES string of the molecule is Cc1cccc(C(C(=O)Nc2c(C)cccc2Cl)N(CCO)C(=O)CNC(=O)OC(C)(C)C)c1. The highest BCUT2D eigenvalue weighted by Crippen LogP contribution is 2.29. The minimum atomic E-state index is -1.07. The molecule has 0 aliphatic rings. The molecule has 0 aliphatic heterocycles. The number of nitrogens with zero attached hydrogens (tertiary/aromatic N) is 1. The number of aryl methyl sites for hydroxylation is 2. The van der Waals surface area contributed by atoms with Crippen LogP contribution >= 0.6 is 11.6 Å². The summed E-state index contributed by atoms with van der Waals surface area (Å²) in [5, 5.41) is 15.3. The number of rotatable bonds is 8. The van der Waals surface area contributed by atoms with Crippen LogP contribution in [0, 0.1) is 13.8 Å². The van der Waals surface area contributed by atoms with Gasteiger partial charge >= 0.3 is 6.09 Å². The molecule has 3 amide bonds. The van der Waals surface area contributed by atoms with E-state index in [0.717, 1.165) is 11.1 Å². The lowest BCUT2D eigenvalue weighted by atomic mass is 10.0. The maximum absolute atomic E-state index is 13.5. The fourth-order valence-corrected chi connectivity index (χ4v) is 3.63. The summed E-state index contributed by atoms with van der Waals surface area (Å²) in [6.07, 6.45) is -0.756. The van der Waals surface area contributed by atoms with Crippen molar-refractivity contribution in [1.29, 1.82) is 0 Å². The zero-order valence-electron chi connectivity index (χ0n) is 20.1. The van der Waals surface area contributed by atoms with Gasteiger partial charge in [-0.05, 0) is 51.8 Å². The van der Waals surface area contributed by atoms with E-state index in [-0.39, 0.29) is 13.2 Å². The molecule has 0 radical (unpaired) electrons. The highest BCUT2D eigenvalue weighted by Gasteiger charge is 2.32. The van der Waals surface area contributed by atoms with E-state index in [1.54, 1.807) is 51.1 Å². The molecule has 2 aromatic carbocycles. The van der Waals surface area contributed by atoms with Gasteiger partial charge in [-0.15, -0.1) is 0 Å². The smallest absolute Gasteiger partial charge is 0.408 e. The summed E-state index contributed by atoms with van der Waals surface area (Å²) in [5.74, 6) is -1.06. The molecule has 0 bridgehead atoms. The van der Waals surface area contributed by atoms with Gasteiger partial charge in [0.05, 0.1) is 17.3 Å². The number of carbonyl (C=O) groups is 3. The van der Waals surface area contributed by atoms with Crippen molar-refractivity contribution < 1.29 is 24.2 Å². The van der Waals surface area contributed by atoms with Crippen LogP contribution in [-0.2, 0) is 14.3 Å². The van der Waals surface area contributed by atoms with Crippen molar-refractivity contribution in [2.45, 2.75) is 46.3 Å². The first-order chi connectivity index (χ1) is 15.9. The number of hydrogen-bond donors (Lipinski definition) is 3. The fraction of sp³-hybridized carbons (Fsp3) is 0.400. The quantitative estimate of drug-likeness (QED) is 0.519. The van der Waals surface area contributed by atoms with Gasteiger partial charge in [0, 0.05) is 6.54 Å². The summed E-state index contributed by atoms with van der Waals surface area (Å²) >= 11 is 6.29. The number of halogens is 1. The fourth-order valence-electron chi connectivity index (χ4n) is 3.36. The lowest BCUT2D eigenvalue weighted by Gasteiger charge is -2.31. The molecule has 0 saturated carbocycles. The molecule has 0 aromatic heterocycles. The molecular formula is C25H32ClN3O5. The highest BCUT2D eigenvalue weighted by molar-refractivity contribution is 6.34. The third-order valence-corrected chi connectivity index (χ3v) is 5.15. The number of alkyl carbamates (subject to hydrolysis) is 1. The van der Waals surface area contributed by atoms with Gasteiger partial charge in [-0.3, -0.25) is 9.59 Å². The Morgan fingerprint density at radius 1 is 1.12 bits per heavy atom. The van der Waals surface area contributed by atoms with Gasteiger partial charge in [0.25, 0.3) is 5.91 Å². The Morgan fingerprint density at radius 3 is 2.38 bits per heavy atom. The lowest BCUT2D eigenvalue weighted by Crippen LogP contribution is -2.47. The first kappa shape index (κ1) is 27.1. The van der Waals surface area contributed by atoms with Gasteiger partial charge in [-0.25, -0.2) is 4.79 Å². The molecule has 3 N–H and O–H groups in total. The number of aliphatic hydroxyl groups is 1. The number of nitrogens with one attached hydrogen (secondary N) is 2. The van der Waals surface area contributed by atoms with Crippen molar-refractivity contribution in [1.82, 2.24) is 10.2 Å². The number of anilines is 1. The van der Waals surface area contributed by atoms with Crippen molar-refractivity contribution in [3.63, 3.8) is 0 Å². The lowest BCUT2D eigenvalue weighted by molar-refractivity contribution is -0.138. The molecule has 1 unspecified atom stereocenters. The molecule has 0 aliphatic carbocycles. The van der Waals surface area contributed by atoms with Crippen LogP contribution in [0.4, 0.5) is 10.5 Å². The number of hydrogen-bond acceptors (Lipinski definition) is 5. The molecule has 2 rings (SSSR count). The molecule has 0 saturated heterocycles. The van der Waals surface area contributed by atoms with E-state index >= 15 is 0 Å². The Morgan fingerprint density at radius 2 is 1.79 bits per heavy atom. The summed E-state index contributed by atoms with van der Waals surface area (Å²) in [7, 11) is 0. The molecule has 2 aromatic rings. The molecule has 34 heavy (non-hydrogen) atoms. The monoisotopic (exact) mass is 489 g/mol. The van der Waals surface area contributed by atoms with Crippen molar-refractivity contribution in [2.24, 2.45) is 0 Å². The second kappa shape index (κ2) is 11.9. The summed E-state index contributed by atoms with van der Waals surface area (Å²) < 4.78 is 5.18. The molecule has 1 atom stereocenters. The molecule has 8 nitrogen and oxygen atoms in total. The maximum Gasteiger partial charge on any atom is 0.408 e. The molecule has 184 valence electrons. The van der Waals surface area contributed by atoms with Crippen LogP contribution in [0.5, 0.6) is 0 Å².